The molecule has 0 saturated carbocycles. The summed E-state index contributed by atoms with van der Waals surface area (Å²) >= 11 is 0. The third kappa shape index (κ3) is 0.896. The molecule has 0 aliphatic heterocycles. The first kappa shape index (κ1) is 7.63. The molecule has 1 heteroatoms. The summed E-state index contributed by atoms with van der Waals surface area (Å²) < 4.78 is 5.71. The molecule has 0 atom stereocenters. The third-order valence-electron chi connectivity index (χ3n) is 2.55. The van der Waals surface area contributed by atoms with Crippen LogP contribution in [0.3, 0.4) is 0 Å². The van der Waals surface area contributed by atoms with Crippen LogP contribution in [0.5, 0.6) is 0 Å². The molecule has 14 heavy (non-hydrogen) atoms. The second kappa shape index (κ2) is 2.61. The third-order valence-corrected chi connectivity index (χ3v) is 2.55. The molecule has 3 aromatic rings. The average Bonchev–Trinajstić information content (AvgIpc) is 2.57. The van der Waals surface area contributed by atoms with E-state index in [1.54, 1.807) is 0 Å². The molecule has 0 unspecified atom stereocenters. The monoisotopic (exact) mass is 181 g/mol. The first-order valence-corrected chi connectivity index (χ1v) is 4.64. The maximum atomic E-state index is 5.71. The van der Waals surface area contributed by atoms with Crippen molar-refractivity contribution >= 4 is 21.9 Å². The lowest BCUT2D eigenvalue weighted by atomic mass is 10.1. The molecule has 2 aromatic carbocycles. The first-order chi connectivity index (χ1) is 6.86. The Bertz CT molecular complexity index is 605. The lowest BCUT2D eigenvalue weighted by Gasteiger charge is -1.93. The van der Waals surface area contributed by atoms with E-state index in [0.717, 1.165) is 16.6 Å². The van der Waals surface area contributed by atoms with Gasteiger partial charge < -0.3 is 4.42 Å². The maximum Gasteiger partial charge on any atom is 0.135 e. The molecule has 0 bridgehead atoms. The zero-order valence-electron chi connectivity index (χ0n) is 7.87. The summed E-state index contributed by atoms with van der Waals surface area (Å²) in [5, 5.41) is 2.36. The van der Waals surface area contributed by atoms with E-state index < -0.39 is 0 Å². The van der Waals surface area contributed by atoms with Gasteiger partial charge in [-0.2, -0.15) is 0 Å². The average molecular weight is 181 g/mol. The summed E-state index contributed by atoms with van der Waals surface area (Å²) in [7, 11) is 0. The quantitative estimate of drug-likeness (QED) is 0.515. The topological polar surface area (TPSA) is 13.1 Å². The van der Waals surface area contributed by atoms with Crippen molar-refractivity contribution in [3.8, 4) is 0 Å². The highest BCUT2D eigenvalue weighted by Crippen LogP contribution is 2.30. The fourth-order valence-electron chi connectivity index (χ4n) is 1.89. The van der Waals surface area contributed by atoms with Gasteiger partial charge in [0.2, 0.25) is 0 Å². The number of furan rings is 1. The predicted octanol–water partition coefficient (Wildman–Crippen LogP) is 3.69. The fourth-order valence-corrected chi connectivity index (χ4v) is 1.89. The van der Waals surface area contributed by atoms with Gasteiger partial charge in [-0.05, 0) is 36.8 Å². The predicted molar refractivity (Wildman–Crippen MR) is 57.3 cm³/mol. The second-order valence-electron chi connectivity index (χ2n) is 3.47. The highest BCUT2D eigenvalue weighted by molar-refractivity contribution is 6.06. The normalized spacial score (nSPS) is 11.2. The molecule has 1 nitrogen and oxygen atoms in total. The van der Waals surface area contributed by atoms with Gasteiger partial charge >= 0.3 is 0 Å². The van der Waals surface area contributed by atoms with Gasteiger partial charge in [-0.15, -0.1) is 0 Å². The van der Waals surface area contributed by atoms with Gasteiger partial charge in [0.25, 0.3) is 0 Å². The van der Waals surface area contributed by atoms with Crippen LogP contribution in [-0.4, -0.2) is 0 Å². The Hall–Kier alpha value is -1.76. The van der Waals surface area contributed by atoms with Gasteiger partial charge in [-0.1, -0.05) is 18.2 Å². The molecule has 0 aliphatic rings. The summed E-state index contributed by atoms with van der Waals surface area (Å²) in [6, 6.07) is 15.0. The van der Waals surface area contributed by atoms with Crippen LogP contribution >= 0.6 is 0 Å². The molecule has 0 fully saturated rings. The van der Waals surface area contributed by atoms with Gasteiger partial charge in [0.05, 0.1) is 0 Å². The Kier molecular flexibility index (Phi) is 1.42. The molecule has 1 heterocycles. The molecule has 67 valence electrons. The zero-order chi connectivity index (χ0) is 9.54. The van der Waals surface area contributed by atoms with Gasteiger partial charge in [0.1, 0.15) is 11.2 Å². The molecular weight excluding hydrogens is 172 g/mol. The first-order valence-electron chi connectivity index (χ1n) is 4.64. The van der Waals surface area contributed by atoms with Crippen molar-refractivity contribution in [2.75, 3.05) is 0 Å². The van der Waals surface area contributed by atoms with E-state index in [2.05, 4.69) is 19.1 Å². The SMILES string of the molecule is Cc1cccc2oc3cc[c]cc3c12. The van der Waals surface area contributed by atoms with E-state index in [1.165, 1.54) is 10.9 Å². The Morgan fingerprint density at radius 1 is 1.14 bits per heavy atom. The summed E-state index contributed by atoms with van der Waals surface area (Å²) in [5.74, 6) is 0. The second-order valence-corrected chi connectivity index (χ2v) is 3.47. The number of hydrogen-bond acceptors (Lipinski definition) is 1. The van der Waals surface area contributed by atoms with Crippen LogP contribution < -0.4 is 0 Å². The van der Waals surface area contributed by atoms with Crippen LogP contribution in [0.25, 0.3) is 21.9 Å². The van der Waals surface area contributed by atoms with Crippen molar-refractivity contribution in [2.45, 2.75) is 6.92 Å². The van der Waals surface area contributed by atoms with E-state index in [1.807, 2.05) is 30.3 Å². The Morgan fingerprint density at radius 3 is 3.00 bits per heavy atom. The Labute approximate surface area is 82.0 Å². The molecule has 3 rings (SSSR count). The molecule has 1 aromatic heterocycles. The standard InChI is InChI=1S/C13H9O/c1-9-5-4-8-12-13(9)10-6-2-3-7-11(10)14-12/h3-8H,1H3. The largest absolute Gasteiger partial charge is 0.456 e. The van der Waals surface area contributed by atoms with Gasteiger partial charge in [-0.3, -0.25) is 0 Å². The number of fused-ring (bicyclic) bond motifs is 3. The fraction of sp³-hybridized carbons (Fsp3) is 0.0769. The smallest absolute Gasteiger partial charge is 0.135 e. The highest BCUT2D eigenvalue weighted by Gasteiger charge is 2.06. The number of hydrogen-bond donors (Lipinski definition) is 0. The van der Waals surface area contributed by atoms with Crippen molar-refractivity contribution in [2.24, 2.45) is 0 Å². The molecule has 0 aliphatic carbocycles. The molecule has 0 saturated heterocycles. The maximum absolute atomic E-state index is 5.71. The molecular formula is C13H9O. The molecule has 0 N–H and O–H groups in total. The van der Waals surface area contributed by atoms with Gasteiger partial charge in [-0.25, -0.2) is 0 Å². The van der Waals surface area contributed by atoms with E-state index in [0.29, 0.717) is 0 Å². The minimum atomic E-state index is 0.938. The van der Waals surface area contributed by atoms with Gasteiger partial charge in [0, 0.05) is 10.8 Å². The molecule has 0 spiro atoms. The number of benzene rings is 2. The highest BCUT2D eigenvalue weighted by atomic mass is 16.3. The summed E-state index contributed by atoms with van der Waals surface area (Å²) in [6.07, 6.45) is 0. The Morgan fingerprint density at radius 2 is 2.07 bits per heavy atom. The zero-order valence-corrected chi connectivity index (χ0v) is 7.87. The molecule has 1 radical (unpaired) electrons. The van der Waals surface area contributed by atoms with E-state index in [9.17, 15) is 0 Å². The van der Waals surface area contributed by atoms with Crippen LogP contribution in [-0.2, 0) is 0 Å². The van der Waals surface area contributed by atoms with Crippen molar-refractivity contribution in [3.63, 3.8) is 0 Å². The lowest BCUT2D eigenvalue weighted by Crippen LogP contribution is -1.72. The van der Waals surface area contributed by atoms with Crippen LogP contribution in [0, 0.1) is 13.0 Å². The lowest BCUT2D eigenvalue weighted by molar-refractivity contribution is 0.669. The minimum absolute atomic E-state index is 0.938. The van der Waals surface area contributed by atoms with Crippen molar-refractivity contribution < 1.29 is 4.42 Å². The van der Waals surface area contributed by atoms with Crippen LogP contribution in [0.15, 0.2) is 40.8 Å². The summed E-state index contributed by atoms with van der Waals surface area (Å²) in [4.78, 5) is 0. The van der Waals surface area contributed by atoms with Crippen molar-refractivity contribution in [1.29, 1.82) is 0 Å². The van der Waals surface area contributed by atoms with Crippen molar-refractivity contribution in [1.82, 2.24) is 0 Å². The molecule has 0 amide bonds. The number of rotatable bonds is 0. The number of aryl methyl sites for hydroxylation is 1. The van der Waals surface area contributed by atoms with E-state index in [-0.39, 0.29) is 0 Å². The van der Waals surface area contributed by atoms with Crippen molar-refractivity contribution in [3.05, 3.63) is 48.0 Å². The van der Waals surface area contributed by atoms with Crippen LogP contribution in [0.1, 0.15) is 5.56 Å². The van der Waals surface area contributed by atoms with E-state index in [4.69, 9.17) is 4.42 Å². The van der Waals surface area contributed by atoms with Crippen LogP contribution in [0.2, 0.25) is 0 Å². The summed E-state index contributed by atoms with van der Waals surface area (Å²) in [5.41, 5.74) is 3.15. The minimum Gasteiger partial charge on any atom is -0.456 e. The van der Waals surface area contributed by atoms with Gasteiger partial charge in [0.15, 0.2) is 0 Å². The summed E-state index contributed by atoms with van der Waals surface area (Å²) in [6.45, 7) is 2.10. The van der Waals surface area contributed by atoms with Crippen LogP contribution in [0.4, 0.5) is 0 Å². The van der Waals surface area contributed by atoms with E-state index >= 15 is 0 Å². The Balaban J connectivity index is 2.65.